The number of nitrogens with zero attached hydrogens (tertiary/aromatic N) is 5. The monoisotopic (exact) mass is 394 g/mol. The number of ether oxygens (including phenoxy) is 1. The number of nitriles is 2. The van der Waals surface area contributed by atoms with Gasteiger partial charge in [-0.2, -0.15) is 15.5 Å². The molecule has 1 aromatic heterocycles. The average Bonchev–Trinajstić information content (AvgIpc) is 3.58. The summed E-state index contributed by atoms with van der Waals surface area (Å²) >= 11 is 0. The van der Waals surface area contributed by atoms with Crippen molar-refractivity contribution < 1.29 is 4.74 Å². The van der Waals surface area contributed by atoms with E-state index in [4.69, 9.17) is 10.00 Å². The molecular weight excluding hydrogens is 376 g/mol. The van der Waals surface area contributed by atoms with Gasteiger partial charge in [-0.15, -0.1) is 0 Å². The maximum atomic E-state index is 9.48. The Morgan fingerprint density at radius 3 is 2.77 bits per heavy atom. The first-order valence-electron chi connectivity index (χ1n) is 9.50. The Bertz CT molecular complexity index is 1200. The van der Waals surface area contributed by atoms with Gasteiger partial charge in [0, 0.05) is 23.7 Å². The van der Waals surface area contributed by atoms with E-state index in [1.807, 2.05) is 31.2 Å². The maximum absolute atomic E-state index is 9.48. The molecule has 2 aromatic carbocycles. The quantitative estimate of drug-likeness (QED) is 0.586. The Labute approximate surface area is 174 Å². The van der Waals surface area contributed by atoms with Gasteiger partial charge in [0.25, 0.3) is 0 Å². The van der Waals surface area contributed by atoms with Crippen molar-refractivity contribution in [2.45, 2.75) is 25.7 Å². The van der Waals surface area contributed by atoms with Crippen LogP contribution in [0.3, 0.4) is 0 Å². The Morgan fingerprint density at radius 1 is 1.13 bits per heavy atom. The summed E-state index contributed by atoms with van der Waals surface area (Å²) in [5.74, 6) is 2.69. The van der Waals surface area contributed by atoms with Crippen LogP contribution in [0.1, 0.15) is 41.3 Å². The van der Waals surface area contributed by atoms with E-state index in [2.05, 4.69) is 26.3 Å². The molecule has 0 bridgehead atoms. The zero-order valence-electron chi connectivity index (χ0n) is 16.3. The Hall–Kier alpha value is -4.23. The topological polar surface area (TPSA) is 108 Å². The molecule has 1 fully saturated rings. The zero-order chi connectivity index (χ0) is 20.9. The van der Waals surface area contributed by atoms with Gasteiger partial charge in [0.15, 0.2) is 0 Å². The van der Waals surface area contributed by atoms with Gasteiger partial charge in [-0.3, -0.25) is 0 Å². The van der Waals surface area contributed by atoms with Crippen LogP contribution in [0.5, 0.6) is 11.5 Å². The minimum Gasteiger partial charge on any atom is -0.456 e. The van der Waals surface area contributed by atoms with Crippen LogP contribution in [0.2, 0.25) is 0 Å². The van der Waals surface area contributed by atoms with Crippen LogP contribution in [0, 0.1) is 29.6 Å². The highest BCUT2D eigenvalue weighted by Gasteiger charge is 2.26. The molecule has 0 aliphatic heterocycles. The molecule has 1 aliphatic carbocycles. The van der Waals surface area contributed by atoms with E-state index >= 15 is 0 Å². The molecule has 1 N–H and O–H groups in total. The summed E-state index contributed by atoms with van der Waals surface area (Å²) in [5.41, 5.74) is 2.94. The average molecular weight is 394 g/mol. The lowest BCUT2D eigenvalue weighted by Crippen LogP contribution is -2.02. The number of rotatable bonds is 6. The highest BCUT2D eigenvalue weighted by molar-refractivity contribution is 5.61. The summed E-state index contributed by atoms with van der Waals surface area (Å²) in [6, 6.07) is 15.0. The molecule has 146 valence electrons. The minimum atomic E-state index is 0.408. The molecular formula is C23H18N6O. The summed E-state index contributed by atoms with van der Waals surface area (Å²) in [6.07, 6.45) is 6.85. The SMILES string of the molecule is Cc1cc(/C=C/C#N)cc(Oc2cc(Nc3ncnc(C4CC4)n3)ccc2C#N)c1. The first-order valence-corrected chi connectivity index (χ1v) is 9.50. The summed E-state index contributed by atoms with van der Waals surface area (Å²) in [5, 5.41) is 21.4. The molecule has 1 heterocycles. The van der Waals surface area contributed by atoms with Gasteiger partial charge in [0.2, 0.25) is 5.95 Å². The maximum Gasteiger partial charge on any atom is 0.230 e. The third-order valence-corrected chi connectivity index (χ3v) is 4.54. The zero-order valence-corrected chi connectivity index (χ0v) is 16.3. The number of aromatic nitrogens is 3. The molecule has 1 saturated carbocycles. The number of benzene rings is 2. The fraction of sp³-hybridized carbons (Fsp3) is 0.174. The van der Waals surface area contributed by atoms with Crippen LogP contribution in [0.4, 0.5) is 11.6 Å². The number of hydrogen-bond donors (Lipinski definition) is 1. The predicted molar refractivity (Wildman–Crippen MR) is 112 cm³/mol. The standard InChI is InChI=1S/C23H18N6O/c1-15-9-16(3-2-8-24)11-20(10-15)30-21-12-19(7-6-18(21)13-25)28-23-27-14-26-22(29-23)17-4-5-17/h2-3,6-7,9-12,14,17H,4-5H2,1H3,(H,26,27,28,29)/b3-2+. The number of anilines is 2. The van der Waals surface area contributed by atoms with E-state index in [1.165, 1.54) is 12.4 Å². The third-order valence-electron chi connectivity index (χ3n) is 4.54. The highest BCUT2D eigenvalue weighted by Crippen LogP contribution is 2.38. The predicted octanol–water partition coefficient (Wildman–Crippen LogP) is 5.00. The van der Waals surface area contributed by atoms with Gasteiger partial charge >= 0.3 is 0 Å². The van der Waals surface area contributed by atoms with Gasteiger partial charge in [0.05, 0.1) is 11.6 Å². The van der Waals surface area contributed by atoms with Gasteiger partial charge in [0.1, 0.15) is 29.7 Å². The first kappa shape index (κ1) is 19.1. The molecule has 0 amide bonds. The molecule has 0 saturated heterocycles. The fourth-order valence-corrected chi connectivity index (χ4v) is 3.01. The summed E-state index contributed by atoms with van der Waals surface area (Å²) in [4.78, 5) is 12.9. The molecule has 30 heavy (non-hydrogen) atoms. The van der Waals surface area contributed by atoms with Crippen LogP contribution < -0.4 is 10.1 Å². The van der Waals surface area contributed by atoms with Crippen molar-refractivity contribution >= 4 is 17.7 Å². The van der Waals surface area contributed by atoms with E-state index in [1.54, 1.807) is 24.3 Å². The van der Waals surface area contributed by atoms with Crippen molar-refractivity contribution in [3.8, 4) is 23.6 Å². The summed E-state index contributed by atoms with van der Waals surface area (Å²) < 4.78 is 6.02. The van der Waals surface area contributed by atoms with E-state index in [9.17, 15) is 5.26 Å². The van der Waals surface area contributed by atoms with Crippen LogP contribution in [0.25, 0.3) is 6.08 Å². The van der Waals surface area contributed by atoms with Crippen molar-refractivity contribution in [3.05, 3.63) is 71.3 Å². The molecule has 7 heteroatoms. The van der Waals surface area contributed by atoms with Crippen LogP contribution in [-0.4, -0.2) is 15.0 Å². The molecule has 0 radical (unpaired) electrons. The summed E-state index contributed by atoms with van der Waals surface area (Å²) in [6.45, 7) is 1.94. The second kappa shape index (κ2) is 8.42. The van der Waals surface area contributed by atoms with Crippen molar-refractivity contribution in [2.75, 3.05) is 5.32 Å². The number of aryl methyl sites for hydroxylation is 1. The molecule has 0 spiro atoms. The minimum absolute atomic E-state index is 0.408. The first-order chi connectivity index (χ1) is 14.6. The van der Waals surface area contributed by atoms with Crippen molar-refractivity contribution in [2.24, 2.45) is 0 Å². The van der Waals surface area contributed by atoms with Crippen molar-refractivity contribution in [1.82, 2.24) is 15.0 Å². The third kappa shape index (κ3) is 4.60. The second-order valence-corrected chi connectivity index (χ2v) is 7.03. The largest absolute Gasteiger partial charge is 0.456 e. The molecule has 1 aliphatic rings. The van der Waals surface area contributed by atoms with E-state index in [-0.39, 0.29) is 0 Å². The summed E-state index contributed by atoms with van der Waals surface area (Å²) in [7, 11) is 0. The lowest BCUT2D eigenvalue weighted by atomic mass is 10.1. The van der Waals surface area contributed by atoms with E-state index in [0.29, 0.717) is 34.6 Å². The van der Waals surface area contributed by atoms with Crippen LogP contribution >= 0.6 is 0 Å². The van der Waals surface area contributed by atoms with Gasteiger partial charge in [-0.25, -0.2) is 9.97 Å². The molecule has 4 rings (SSSR count). The van der Waals surface area contributed by atoms with Gasteiger partial charge < -0.3 is 10.1 Å². The van der Waals surface area contributed by atoms with Crippen molar-refractivity contribution in [3.63, 3.8) is 0 Å². The fourth-order valence-electron chi connectivity index (χ4n) is 3.01. The smallest absolute Gasteiger partial charge is 0.230 e. The molecule has 0 atom stereocenters. The number of nitrogens with one attached hydrogen (secondary N) is 1. The Balaban J connectivity index is 1.60. The van der Waals surface area contributed by atoms with Crippen LogP contribution in [-0.2, 0) is 0 Å². The van der Waals surface area contributed by atoms with Gasteiger partial charge in [-0.05, 0) is 61.2 Å². The number of allylic oxidation sites excluding steroid dienone is 1. The normalized spacial score (nSPS) is 12.9. The lowest BCUT2D eigenvalue weighted by Gasteiger charge is -2.12. The lowest BCUT2D eigenvalue weighted by molar-refractivity contribution is 0.481. The second-order valence-electron chi connectivity index (χ2n) is 7.03. The van der Waals surface area contributed by atoms with Crippen LogP contribution in [0.15, 0.2) is 48.8 Å². The van der Waals surface area contributed by atoms with E-state index < -0.39 is 0 Å². The molecule has 3 aromatic rings. The highest BCUT2D eigenvalue weighted by atomic mass is 16.5. The van der Waals surface area contributed by atoms with Gasteiger partial charge in [-0.1, -0.05) is 6.07 Å². The Morgan fingerprint density at radius 2 is 2.00 bits per heavy atom. The molecule has 7 nitrogen and oxygen atoms in total. The molecule has 0 unspecified atom stereocenters. The number of hydrogen-bond acceptors (Lipinski definition) is 7. The Kier molecular flexibility index (Phi) is 5.36. The van der Waals surface area contributed by atoms with E-state index in [0.717, 1.165) is 29.8 Å². The van der Waals surface area contributed by atoms with Crippen molar-refractivity contribution in [1.29, 1.82) is 10.5 Å².